The lowest BCUT2D eigenvalue weighted by Gasteiger charge is -2.23. The second-order valence-electron chi connectivity index (χ2n) is 4.94. The molecule has 1 aromatic carbocycles. The van der Waals surface area contributed by atoms with Gasteiger partial charge in [0.1, 0.15) is 5.75 Å². The maximum Gasteiger partial charge on any atom is 0.122 e. The van der Waals surface area contributed by atoms with Crippen molar-refractivity contribution in [3.63, 3.8) is 0 Å². The zero-order chi connectivity index (χ0) is 12.8. The number of nitriles is 1. The molecule has 0 saturated carbocycles. The number of benzene rings is 1. The summed E-state index contributed by atoms with van der Waals surface area (Å²) in [4.78, 5) is 0. The number of aryl methyl sites for hydroxylation is 1. The van der Waals surface area contributed by atoms with Crippen LogP contribution in [0.25, 0.3) is 0 Å². The van der Waals surface area contributed by atoms with Crippen LogP contribution in [-0.4, -0.2) is 19.7 Å². The molecule has 0 aromatic heterocycles. The van der Waals surface area contributed by atoms with Gasteiger partial charge in [-0.3, -0.25) is 0 Å². The predicted molar refractivity (Wildman–Crippen MR) is 71.6 cm³/mol. The zero-order valence-corrected chi connectivity index (χ0v) is 10.9. The minimum Gasteiger partial charge on any atom is -0.493 e. The molecule has 2 rings (SSSR count). The number of rotatable bonds is 4. The zero-order valence-electron chi connectivity index (χ0n) is 10.9. The van der Waals surface area contributed by atoms with Crippen LogP contribution in [-0.2, 0) is 6.42 Å². The fourth-order valence-electron chi connectivity index (χ4n) is 2.33. The van der Waals surface area contributed by atoms with Gasteiger partial charge in [0.25, 0.3) is 0 Å². The van der Waals surface area contributed by atoms with Crippen LogP contribution in [0, 0.1) is 24.2 Å². The van der Waals surface area contributed by atoms with Gasteiger partial charge in [-0.15, -0.1) is 0 Å². The first-order valence-corrected chi connectivity index (χ1v) is 6.59. The summed E-state index contributed by atoms with van der Waals surface area (Å²) in [5.74, 6) is 1.62. The normalized spacial score (nSPS) is 16.2. The number of hydrogen-bond donors (Lipinski definition) is 1. The number of piperidine rings is 1. The number of ether oxygens (including phenoxy) is 1. The van der Waals surface area contributed by atoms with E-state index in [-0.39, 0.29) is 0 Å². The van der Waals surface area contributed by atoms with Crippen LogP contribution in [0.15, 0.2) is 18.2 Å². The molecule has 0 aliphatic carbocycles. The van der Waals surface area contributed by atoms with E-state index >= 15 is 0 Å². The first kappa shape index (κ1) is 12.9. The SMILES string of the molecule is Cc1cc(CC#N)ccc1OCC1CCNCC1. The van der Waals surface area contributed by atoms with Gasteiger partial charge in [0.2, 0.25) is 0 Å². The van der Waals surface area contributed by atoms with E-state index in [2.05, 4.69) is 11.4 Å². The first-order valence-electron chi connectivity index (χ1n) is 6.59. The molecular weight excluding hydrogens is 224 g/mol. The number of nitrogens with zero attached hydrogens (tertiary/aromatic N) is 1. The number of hydrogen-bond acceptors (Lipinski definition) is 3. The molecule has 1 aromatic rings. The average Bonchev–Trinajstić information content (AvgIpc) is 2.39. The van der Waals surface area contributed by atoms with Gasteiger partial charge < -0.3 is 10.1 Å². The average molecular weight is 244 g/mol. The van der Waals surface area contributed by atoms with Crippen molar-refractivity contribution >= 4 is 0 Å². The standard InChI is InChI=1S/C15H20N2O/c1-12-10-13(4-7-16)2-3-15(12)18-11-14-5-8-17-9-6-14/h2-3,10,14,17H,4-6,8-9,11H2,1H3. The Labute approximate surface area is 109 Å². The highest BCUT2D eigenvalue weighted by Gasteiger charge is 2.14. The van der Waals surface area contributed by atoms with Crippen molar-refractivity contribution in [2.45, 2.75) is 26.2 Å². The largest absolute Gasteiger partial charge is 0.493 e. The highest BCUT2D eigenvalue weighted by molar-refractivity contribution is 5.37. The van der Waals surface area contributed by atoms with Crippen molar-refractivity contribution in [1.29, 1.82) is 5.26 Å². The first-order chi connectivity index (χ1) is 8.79. The monoisotopic (exact) mass is 244 g/mol. The van der Waals surface area contributed by atoms with Crippen LogP contribution in [0.3, 0.4) is 0 Å². The third-order valence-electron chi connectivity index (χ3n) is 3.46. The highest BCUT2D eigenvalue weighted by atomic mass is 16.5. The molecule has 1 fully saturated rings. The molecule has 0 atom stereocenters. The Morgan fingerprint density at radius 1 is 1.39 bits per heavy atom. The summed E-state index contributed by atoms with van der Waals surface area (Å²) in [5.41, 5.74) is 2.18. The lowest BCUT2D eigenvalue weighted by molar-refractivity contribution is 0.214. The molecule has 3 nitrogen and oxygen atoms in total. The van der Waals surface area contributed by atoms with Gasteiger partial charge in [0.15, 0.2) is 0 Å². The van der Waals surface area contributed by atoms with E-state index < -0.39 is 0 Å². The minimum atomic E-state index is 0.468. The van der Waals surface area contributed by atoms with Gasteiger partial charge in [-0.2, -0.15) is 5.26 Å². The topological polar surface area (TPSA) is 45.0 Å². The van der Waals surface area contributed by atoms with Crippen LogP contribution in [0.5, 0.6) is 5.75 Å². The molecule has 18 heavy (non-hydrogen) atoms. The minimum absolute atomic E-state index is 0.468. The third kappa shape index (κ3) is 3.48. The van der Waals surface area contributed by atoms with E-state index in [1.807, 2.05) is 25.1 Å². The fourth-order valence-corrected chi connectivity index (χ4v) is 2.33. The van der Waals surface area contributed by atoms with Crippen LogP contribution < -0.4 is 10.1 Å². The Balaban J connectivity index is 1.90. The maximum absolute atomic E-state index is 8.67. The Bertz CT molecular complexity index is 431. The smallest absolute Gasteiger partial charge is 0.122 e. The molecular formula is C15H20N2O. The third-order valence-corrected chi connectivity index (χ3v) is 3.46. The van der Waals surface area contributed by atoms with E-state index in [0.29, 0.717) is 12.3 Å². The summed E-state index contributed by atoms with van der Waals surface area (Å²) < 4.78 is 5.90. The van der Waals surface area contributed by atoms with E-state index in [4.69, 9.17) is 10.00 Å². The molecule has 0 radical (unpaired) electrons. The Kier molecular flexibility index (Phi) is 4.60. The van der Waals surface area contributed by atoms with Crippen LogP contribution in [0.4, 0.5) is 0 Å². The van der Waals surface area contributed by atoms with Crippen molar-refractivity contribution < 1.29 is 4.74 Å². The number of nitrogens with one attached hydrogen (secondary N) is 1. The molecule has 1 heterocycles. The second kappa shape index (κ2) is 6.42. The molecule has 96 valence electrons. The van der Waals surface area contributed by atoms with Crippen LogP contribution in [0.1, 0.15) is 24.0 Å². The summed E-state index contributed by atoms with van der Waals surface area (Å²) in [5, 5.41) is 12.0. The van der Waals surface area contributed by atoms with E-state index in [9.17, 15) is 0 Å². The second-order valence-corrected chi connectivity index (χ2v) is 4.94. The predicted octanol–water partition coefficient (Wildman–Crippen LogP) is 2.44. The lowest BCUT2D eigenvalue weighted by Crippen LogP contribution is -2.30. The van der Waals surface area contributed by atoms with Crippen molar-refractivity contribution in [1.82, 2.24) is 5.32 Å². The quantitative estimate of drug-likeness (QED) is 0.884. The summed E-state index contributed by atoms with van der Waals surface area (Å²) in [6, 6.07) is 8.18. The Morgan fingerprint density at radius 3 is 2.83 bits per heavy atom. The van der Waals surface area contributed by atoms with Crippen molar-refractivity contribution in [3.8, 4) is 11.8 Å². The van der Waals surface area contributed by atoms with Gasteiger partial charge in [0.05, 0.1) is 19.1 Å². The van der Waals surface area contributed by atoms with E-state index in [1.165, 1.54) is 12.8 Å². The van der Waals surface area contributed by atoms with E-state index in [1.54, 1.807) is 0 Å². The Morgan fingerprint density at radius 2 is 2.17 bits per heavy atom. The molecule has 0 unspecified atom stereocenters. The molecule has 1 aliphatic rings. The van der Waals surface area contributed by atoms with Gasteiger partial charge in [-0.1, -0.05) is 12.1 Å². The van der Waals surface area contributed by atoms with Gasteiger partial charge in [-0.05, 0) is 56.0 Å². The fraction of sp³-hybridized carbons (Fsp3) is 0.533. The summed E-state index contributed by atoms with van der Waals surface area (Å²) in [7, 11) is 0. The van der Waals surface area contributed by atoms with Crippen LogP contribution >= 0.6 is 0 Å². The van der Waals surface area contributed by atoms with Crippen molar-refractivity contribution in [2.75, 3.05) is 19.7 Å². The maximum atomic E-state index is 8.67. The Hall–Kier alpha value is -1.53. The molecule has 0 spiro atoms. The summed E-state index contributed by atoms with van der Waals surface area (Å²) in [6.07, 6.45) is 2.87. The molecule has 1 N–H and O–H groups in total. The molecule has 3 heteroatoms. The van der Waals surface area contributed by atoms with Crippen LogP contribution in [0.2, 0.25) is 0 Å². The highest BCUT2D eigenvalue weighted by Crippen LogP contribution is 2.21. The molecule has 0 amide bonds. The van der Waals surface area contributed by atoms with Crippen molar-refractivity contribution in [2.24, 2.45) is 5.92 Å². The van der Waals surface area contributed by atoms with Gasteiger partial charge in [-0.25, -0.2) is 0 Å². The summed E-state index contributed by atoms with van der Waals surface area (Å²) in [6.45, 7) is 5.06. The van der Waals surface area contributed by atoms with Crippen molar-refractivity contribution in [3.05, 3.63) is 29.3 Å². The lowest BCUT2D eigenvalue weighted by atomic mass is 9.99. The molecule has 1 saturated heterocycles. The van der Waals surface area contributed by atoms with E-state index in [0.717, 1.165) is 36.6 Å². The van der Waals surface area contributed by atoms with Gasteiger partial charge in [0, 0.05) is 0 Å². The molecule has 0 bridgehead atoms. The van der Waals surface area contributed by atoms with Gasteiger partial charge >= 0.3 is 0 Å². The summed E-state index contributed by atoms with van der Waals surface area (Å²) >= 11 is 0. The molecule has 1 aliphatic heterocycles.